The lowest BCUT2D eigenvalue weighted by molar-refractivity contribution is -0.122. The average Bonchev–Trinajstić information content (AvgIpc) is 2.95. The summed E-state index contributed by atoms with van der Waals surface area (Å²) in [4.78, 5) is 12.3. The van der Waals surface area contributed by atoms with E-state index in [1.807, 2.05) is 35.8 Å². The molecule has 5 nitrogen and oxygen atoms in total. The number of nitrogens with one attached hydrogen (secondary N) is 1. The molecule has 0 bridgehead atoms. The van der Waals surface area contributed by atoms with Crippen LogP contribution in [0.25, 0.3) is 10.9 Å². The van der Waals surface area contributed by atoms with E-state index in [2.05, 4.69) is 11.4 Å². The molecule has 0 radical (unpaired) electrons. The van der Waals surface area contributed by atoms with Crippen molar-refractivity contribution in [1.82, 2.24) is 9.88 Å². The normalized spacial score (nSPS) is 12.1. The Morgan fingerprint density at radius 2 is 1.92 bits per heavy atom. The van der Waals surface area contributed by atoms with Crippen molar-refractivity contribution in [2.45, 2.75) is 19.6 Å². The zero-order valence-corrected chi connectivity index (χ0v) is 14.4. The third kappa shape index (κ3) is 3.83. The largest absolute Gasteiger partial charge is 0.497 e. The summed E-state index contributed by atoms with van der Waals surface area (Å²) in [6, 6.07) is 17.2. The lowest BCUT2D eigenvalue weighted by atomic mass is 10.1. The van der Waals surface area contributed by atoms with E-state index < -0.39 is 6.10 Å². The maximum atomic E-state index is 12.3. The van der Waals surface area contributed by atoms with E-state index in [0.29, 0.717) is 0 Å². The smallest absolute Gasteiger partial charge is 0.240 e. The summed E-state index contributed by atoms with van der Waals surface area (Å²) in [5, 5.41) is 14.1. The number of benzene rings is 2. The second-order valence-electron chi connectivity index (χ2n) is 6.02. The van der Waals surface area contributed by atoms with Gasteiger partial charge in [-0.05, 0) is 42.1 Å². The van der Waals surface area contributed by atoms with Crippen molar-refractivity contribution in [1.29, 1.82) is 0 Å². The van der Waals surface area contributed by atoms with Gasteiger partial charge in [-0.25, -0.2) is 0 Å². The number of aliphatic hydroxyl groups is 1. The molecule has 0 aliphatic rings. The van der Waals surface area contributed by atoms with Gasteiger partial charge in [0.15, 0.2) is 0 Å². The first-order chi connectivity index (χ1) is 12.1. The van der Waals surface area contributed by atoms with Crippen LogP contribution in [0, 0.1) is 6.92 Å². The number of methoxy groups -OCH3 is 1. The van der Waals surface area contributed by atoms with Crippen LogP contribution in [0.2, 0.25) is 0 Å². The van der Waals surface area contributed by atoms with Crippen LogP contribution in [0.15, 0.2) is 54.6 Å². The minimum atomic E-state index is -0.752. The molecule has 0 saturated carbocycles. The van der Waals surface area contributed by atoms with Gasteiger partial charge in [0.1, 0.15) is 12.3 Å². The zero-order valence-electron chi connectivity index (χ0n) is 14.4. The maximum Gasteiger partial charge on any atom is 0.240 e. The van der Waals surface area contributed by atoms with Gasteiger partial charge in [0.05, 0.1) is 13.2 Å². The average molecular weight is 338 g/mol. The van der Waals surface area contributed by atoms with Crippen LogP contribution >= 0.6 is 0 Å². The molecule has 130 valence electrons. The molecule has 0 aliphatic heterocycles. The van der Waals surface area contributed by atoms with E-state index >= 15 is 0 Å². The molecule has 0 fully saturated rings. The molecule has 3 aromatic rings. The first-order valence-corrected chi connectivity index (χ1v) is 8.22. The van der Waals surface area contributed by atoms with E-state index in [-0.39, 0.29) is 19.0 Å². The number of hydrogen-bond donors (Lipinski definition) is 2. The van der Waals surface area contributed by atoms with Crippen molar-refractivity contribution in [2.75, 3.05) is 13.7 Å². The van der Waals surface area contributed by atoms with Gasteiger partial charge < -0.3 is 19.7 Å². The minimum Gasteiger partial charge on any atom is -0.497 e. The Hall–Kier alpha value is -2.79. The monoisotopic (exact) mass is 338 g/mol. The lowest BCUT2D eigenvalue weighted by Crippen LogP contribution is -2.31. The van der Waals surface area contributed by atoms with Gasteiger partial charge in [0.2, 0.25) is 5.91 Å². The predicted octanol–water partition coefficient (Wildman–Crippen LogP) is 2.81. The summed E-state index contributed by atoms with van der Waals surface area (Å²) in [6.07, 6.45) is -0.752. The topological polar surface area (TPSA) is 63.5 Å². The highest BCUT2D eigenvalue weighted by Crippen LogP contribution is 2.19. The van der Waals surface area contributed by atoms with Gasteiger partial charge in [-0.2, -0.15) is 0 Å². The van der Waals surface area contributed by atoms with E-state index in [1.54, 1.807) is 31.4 Å². The summed E-state index contributed by atoms with van der Waals surface area (Å²) in [6.45, 7) is 2.39. The number of carbonyl (C=O) groups is 1. The summed E-state index contributed by atoms with van der Waals surface area (Å²) >= 11 is 0. The van der Waals surface area contributed by atoms with Crippen LogP contribution in [-0.4, -0.2) is 29.2 Å². The van der Waals surface area contributed by atoms with Gasteiger partial charge in [0, 0.05) is 17.8 Å². The fourth-order valence-corrected chi connectivity index (χ4v) is 2.91. The van der Waals surface area contributed by atoms with Crippen LogP contribution in [0.3, 0.4) is 0 Å². The Morgan fingerprint density at radius 1 is 1.20 bits per heavy atom. The Kier molecular flexibility index (Phi) is 5.05. The molecule has 1 atom stereocenters. The molecule has 5 heteroatoms. The highest BCUT2D eigenvalue weighted by atomic mass is 16.5. The molecular formula is C20H22N2O3. The van der Waals surface area contributed by atoms with E-state index in [0.717, 1.165) is 27.9 Å². The predicted molar refractivity (Wildman–Crippen MR) is 97.6 cm³/mol. The number of nitrogens with zero attached hydrogens (tertiary/aromatic N) is 1. The molecule has 1 aromatic heterocycles. The molecular weight excluding hydrogens is 316 g/mol. The van der Waals surface area contributed by atoms with Gasteiger partial charge >= 0.3 is 0 Å². The van der Waals surface area contributed by atoms with Crippen molar-refractivity contribution in [3.05, 3.63) is 65.9 Å². The molecule has 0 unspecified atom stereocenters. The van der Waals surface area contributed by atoms with E-state index in [1.165, 1.54) is 0 Å². The Labute approximate surface area is 146 Å². The van der Waals surface area contributed by atoms with Crippen molar-refractivity contribution in [2.24, 2.45) is 0 Å². The van der Waals surface area contributed by atoms with Gasteiger partial charge in [-0.1, -0.05) is 30.3 Å². The number of aromatic nitrogens is 1. The molecule has 1 amide bonds. The third-order valence-corrected chi connectivity index (χ3v) is 4.31. The Balaban J connectivity index is 1.61. The van der Waals surface area contributed by atoms with Crippen molar-refractivity contribution in [3.8, 4) is 5.75 Å². The van der Waals surface area contributed by atoms with Crippen molar-refractivity contribution in [3.63, 3.8) is 0 Å². The molecule has 2 aromatic carbocycles. The van der Waals surface area contributed by atoms with Crippen LogP contribution in [0.4, 0.5) is 0 Å². The lowest BCUT2D eigenvalue weighted by Gasteiger charge is -2.14. The second kappa shape index (κ2) is 7.40. The molecule has 0 aliphatic carbocycles. The second-order valence-corrected chi connectivity index (χ2v) is 6.02. The number of para-hydroxylation sites is 1. The number of aliphatic hydroxyl groups excluding tert-OH is 1. The summed E-state index contributed by atoms with van der Waals surface area (Å²) < 4.78 is 7.07. The van der Waals surface area contributed by atoms with Crippen molar-refractivity contribution >= 4 is 16.8 Å². The number of rotatable bonds is 6. The minimum absolute atomic E-state index is 0.128. The fourth-order valence-electron chi connectivity index (χ4n) is 2.91. The third-order valence-electron chi connectivity index (χ3n) is 4.31. The van der Waals surface area contributed by atoms with Crippen LogP contribution in [-0.2, 0) is 11.3 Å². The first kappa shape index (κ1) is 17.0. The SMILES string of the molecule is COc1ccc([C@@H](O)CNC(=O)Cn2c(C)cc3ccccc32)cc1. The molecule has 0 spiro atoms. The maximum absolute atomic E-state index is 12.3. The molecule has 2 N–H and O–H groups in total. The number of aryl methyl sites for hydroxylation is 1. The van der Waals surface area contributed by atoms with Crippen LogP contribution in [0.1, 0.15) is 17.4 Å². The highest BCUT2D eigenvalue weighted by Gasteiger charge is 2.12. The zero-order chi connectivity index (χ0) is 17.8. The Bertz CT molecular complexity index is 868. The summed E-state index contributed by atoms with van der Waals surface area (Å²) in [5.41, 5.74) is 2.81. The molecule has 25 heavy (non-hydrogen) atoms. The van der Waals surface area contributed by atoms with E-state index in [9.17, 15) is 9.90 Å². The van der Waals surface area contributed by atoms with Crippen molar-refractivity contribution < 1.29 is 14.6 Å². The van der Waals surface area contributed by atoms with Gasteiger partial charge in [0.25, 0.3) is 0 Å². The number of fused-ring (bicyclic) bond motifs is 1. The number of hydrogen-bond acceptors (Lipinski definition) is 3. The van der Waals surface area contributed by atoms with Gasteiger partial charge in [-0.15, -0.1) is 0 Å². The number of carbonyl (C=O) groups excluding carboxylic acids is 1. The van der Waals surface area contributed by atoms with E-state index in [4.69, 9.17) is 4.74 Å². The van der Waals surface area contributed by atoms with Crippen LogP contribution in [0.5, 0.6) is 5.75 Å². The standard InChI is InChI=1S/C20H22N2O3/c1-14-11-16-5-3-4-6-18(16)22(14)13-20(24)21-12-19(23)15-7-9-17(25-2)10-8-15/h3-11,19,23H,12-13H2,1-2H3,(H,21,24)/t19-/m0/s1. The molecule has 3 rings (SSSR count). The quantitative estimate of drug-likeness (QED) is 0.726. The summed E-state index contributed by atoms with van der Waals surface area (Å²) in [5.74, 6) is 0.604. The Morgan fingerprint density at radius 3 is 2.64 bits per heavy atom. The number of amides is 1. The summed E-state index contributed by atoms with van der Waals surface area (Å²) in [7, 11) is 1.60. The van der Waals surface area contributed by atoms with Crippen LogP contribution < -0.4 is 10.1 Å². The highest BCUT2D eigenvalue weighted by molar-refractivity contribution is 5.84. The fraction of sp³-hybridized carbons (Fsp3) is 0.250. The number of ether oxygens (including phenoxy) is 1. The van der Waals surface area contributed by atoms with Gasteiger partial charge in [-0.3, -0.25) is 4.79 Å². The first-order valence-electron chi connectivity index (χ1n) is 8.22. The molecule has 1 heterocycles. The molecule has 0 saturated heterocycles.